The molecule has 0 spiro atoms. The molecular weight excluding hydrogens is 959 g/mol. The number of aliphatic carboxylic acids is 3. The molecule has 26 heteroatoms. The van der Waals surface area contributed by atoms with Gasteiger partial charge in [0.05, 0.1) is 6.04 Å². The van der Waals surface area contributed by atoms with Crippen LogP contribution in [0.3, 0.4) is 0 Å². The van der Waals surface area contributed by atoms with Gasteiger partial charge in [0.1, 0.15) is 54.1 Å². The van der Waals surface area contributed by atoms with Gasteiger partial charge in [-0.2, -0.15) is 0 Å². The molecule has 17 N–H and O–H groups in total. The van der Waals surface area contributed by atoms with Crippen LogP contribution in [0.25, 0.3) is 0 Å². The van der Waals surface area contributed by atoms with Crippen LogP contribution < -0.4 is 54.4 Å². The first-order valence-electron chi connectivity index (χ1n) is 24.4. The Morgan fingerprint density at radius 2 is 1.10 bits per heavy atom. The highest BCUT2D eigenvalue weighted by Crippen LogP contribution is 2.20. The van der Waals surface area contributed by atoms with E-state index in [2.05, 4.69) is 37.2 Å². The van der Waals surface area contributed by atoms with Gasteiger partial charge in [-0.1, -0.05) is 26.0 Å². The summed E-state index contributed by atoms with van der Waals surface area (Å²) >= 11 is 0. The molecule has 1 aliphatic heterocycles. The van der Waals surface area contributed by atoms with Crippen LogP contribution in [-0.4, -0.2) is 165 Å². The molecule has 1 aromatic rings. The monoisotopic (exact) mass is 1030 g/mol. The number of hydrogen-bond acceptors (Lipinski definition) is 15. The predicted molar refractivity (Wildman–Crippen MR) is 261 cm³/mol. The van der Waals surface area contributed by atoms with Crippen LogP contribution >= 0.6 is 0 Å². The number of nitrogens with one attached hydrogen (secondary N) is 7. The molecule has 0 aromatic heterocycles. The fraction of sp³-hybridized carbons (Fsp3) is 0.638. The van der Waals surface area contributed by atoms with Crippen LogP contribution in [0.5, 0.6) is 5.75 Å². The number of aromatic hydroxyl groups is 1. The molecule has 1 aliphatic rings. The minimum atomic E-state index is -1.59. The van der Waals surface area contributed by atoms with Crippen molar-refractivity contribution in [3.8, 4) is 5.75 Å². The van der Waals surface area contributed by atoms with Gasteiger partial charge in [-0.3, -0.25) is 47.9 Å². The van der Waals surface area contributed by atoms with Crippen LogP contribution in [0.2, 0.25) is 0 Å². The number of benzene rings is 1. The lowest BCUT2D eigenvalue weighted by molar-refractivity contribution is -0.142. The number of phenols is 1. The van der Waals surface area contributed by atoms with Crippen molar-refractivity contribution >= 4 is 65.2 Å². The van der Waals surface area contributed by atoms with E-state index in [1.165, 1.54) is 43.0 Å². The Morgan fingerprint density at radius 1 is 0.589 bits per heavy atom. The first-order chi connectivity index (χ1) is 34.4. The second-order valence-corrected chi connectivity index (χ2v) is 18.4. The minimum Gasteiger partial charge on any atom is -0.508 e. The molecule has 0 bridgehead atoms. The number of phenolic OH excluding ortho intramolecular Hbond substituents is 1. The van der Waals surface area contributed by atoms with Crippen molar-refractivity contribution in [2.75, 3.05) is 19.6 Å². The van der Waals surface area contributed by atoms with Crippen molar-refractivity contribution in [2.24, 2.45) is 23.1 Å². The Kier molecular flexibility index (Phi) is 26.8. The Hall–Kier alpha value is -6.93. The molecule has 9 atom stereocenters. The number of carboxylic acid groups (broad SMARTS) is 3. The van der Waals surface area contributed by atoms with Crippen LogP contribution in [-0.2, 0) is 59.2 Å². The largest absolute Gasteiger partial charge is 0.508 e. The molecule has 73 heavy (non-hydrogen) atoms. The smallest absolute Gasteiger partial charge is 0.326 e. The quantitative estimate of drug-likeness (QED) is 0.0321. The van der Waals surface area contributed by atoms with Crippen molar-refractivity contribution in [2.45, 2.75) is 166 Å². The Labute approximate surface area is 423 Å². The highest BCUT2D eigenvalue weighted by atomic mass is 16.4. The number of nitrogens with two attached hydrogens (primary N) is 3. The van der Waals surface area contributed by atoms with Gasteiger partial charge in [0.25, 0.3) is 0 Å². The van der Waals surface area contributed by atoms with Gasteiger partial charge in [0, 0.05) is 25.8 Å². The van der Waals surface area contributed by atoms with E-state index < -0.39 is 138 Å². The number of unbranched alkanes of at least 4 members (excludes halogenated alkanes) is 2. The lowest BCUT2D eigenvalue weighted by Gasteiger charge is -2.30. The van der Waals surface area contributed by atoms with E-state index in [0.717, 1.165) is 0 Å². The third kappa shape index (κ3) is 21.8. The summed E-state index contributed by atoms with van der Waals surface area (Å²) in [5, 5.41) is 55.5. The van der Waals surface area contributed by atoms with Crippen molar-refractivity contribution < 1.29 is 73.2 Å². The summed E-state index contributed by atoms with van der Waals surface area (Å²) in [4.78, 5) is 145. The van der Waals surface area contributed by atoms with Gasteiger partial charge in [0.15, 0.2) is 0 Å². The number of carbonyl (C=O) groups excluding carboxylic acids is 8. The van der Waals surface area contributed by atoms with E-state index in [1.54, 1.807) is 13.8 Å². The highest BCUT2D eigenvalue weighted by Gasteiger charge is 2.39. The number of nitrogens with zero attached hydrogens (tertiary/aromatic N) is 1. The third-order valence-corrected chi connectivity index (χ3v) is 12.0. The zero-order valence-electron chi connectivity index (χ0n) is 41.9. The summed E-state index contributed by atoms with van der Waals surface area (Å²) in [6.07, 6.45) is 0.623. The SMILES string of the molecule is CC(C)[C@H](NC(=O)[C@H](CCCCN)NC(=O)[C@@H]1CCCN1C(=O)[C@H](C)NC(=O)[C@@H](N)CCC(=O)O)C(=O)N[C@@H](CCC(=O)O)C(=O)N[C@@H](C)C(=O)N[C@@H](Cc1ccc(O)cc1)C(=O)N[C@@H](CCCCN)C(=O)O. The zero-order chi connectivity index (χ0) is 54.9. The topological polar surface area (TPSA) is 434 Å². The maximum absolute atomic E-state index is 14.0. The fourth-order valence-corrected chi connectivity index (χ4v) is 7.74. The Morgan fingerprint density at radius 3 is 1.66 bits per heavy atom. The van der Waals surface area contributed by atoms with Gasteiger partial charge in [-0.05, 0) is 115 Å². The predicted octanol–water partition coefficient (Wildman–Crippen LogP) is -2.59. The molecule has 1 aromatic carbocycles. The van der Waals surface area contributed by atoms with E-state index in [1.807, 2.05) is 0 Å². The summed E-state index contributed by atoms with van der Waals surface area (Å²) in [6.45, 7) is 6.50. The molecule has 1 saturated heterocycles. The Bertz CT molecular complexity index is 2080. The molecule has 1 heterocycles. The average molecular weight is 1030 g/mol. The van der Waals surface area contributed by atoms with E-state index >= 15 is 0 Å². The minimum absolute atomic E-state index is 0.0480. The molecule has 0 unspecified atom stereocenters. The normalized spacial score (nSPS) is 16.5. The summed E-state index contributed by atoms with van der Waals surface area (Å²) in [7, 11) is 0. The van der Waals surface area contributed by atoms with Crippen LogP contribution in [0.4, 0.5) is 0 Å². The number of rotatable bonds is 33. The first kappa shape index (κ1) is 62.2. The van der Waals surface area contributed by atoms with Crippen molar-refractivity contribution in [3.63, 3.8) is 0 Å². The fourth-order valence-electron chi connectivity index (χ4n) is 7.74. The van der Waals surface area contributed by atoms with E-state index in [-0.39, 0.29) is 57.4 Å². The van der Waals surface area contributed by atoms with E-state index in [4.69, 9.17) is 22.3 Å². The maximum atomic E-state index is 14.0. The molecule has 26 nitrogen and oxygen atoms in total. The van der Waals surface area contributed by atoms with Crippen molar-refractivity contribution in [1.82, 2.24) is 42.1 Å². The zero-order valence-corrected chi connectivity index (χ0v) is 41.9. The van der Waals surface area contributed by atoms with Crippen LogP contribution in [0.1, 0.15) is 110 Å². The molecule has 0 radical (unpaired) electrons. The number of amides is 8. The van der Waals surface area contributed by atoms with Crippen molar-refractivity contribution in [1.29, 1.82) is 0 Å². The average Bonchev–Trinajstić information content (AvgIpc) is 3.83. The van der Waals surface area contributed by atoms with E-state index in [0.29, 0.717) is 44.2 Å². The van der Waals surface area contributed by atoms with Crippen LogP contribution in [0.15, 0.2) is 24.3 Å². The Balaban J connectivity index is 2.27. The summed E-state index contributed by atoms with van der Waals surface area (Å²) < 4.78 is 0. The number of carboxylic acids is 3. The maximum Gasteiger partial charge on any atom is 0.326 e. The molecule has 0 aliphatic carbocycles. The lowest BCUT2D eigenvalue weighted by atomic mass is 10.0. The van der Waals surface area contributed by atoms with Gasteiger partial charge in [-0.25, -0.2) is 4.79 Å². The number of hydrogen-bond donors (Lipinski definition) is 14. The second kappa shape index (κ2) is 31.5. The van der Waals surface area contributed by atoms with Gasteiger partial charge in [0.2, 0.25) is 47.3 Å². The number of likely N-dealkylation sites (tertiary alicyclic amines) is 1. The summed E-state index contributed by atoms with van der Waals surface area (Å²) in [5.74, 6) is -11.1. The molecule has 408 valence electrons. The number of carbonyl (C=O) groups is 11. The lowest BCUT2D eigenvalue weighted by Crippen LogP contribution is -2.60. The van der Waals surface area contributed by atoms with Gasteiger partial charge >= 0.3 is 17.9 Å². The molecule has 1 fully saturated rings. The standard InChI is InChI=1S/C47H75N11O15/c1-25(2)38(57-42(67)31(10-5-7-21-48)53-44(69)35-12-9-23-58(35)46(71)27(4)52-40(65)30(50)17-19-36(60)61)45(70)54-32(18-20-37(62)63)41(66)51-26(3)39(64)56-34(24-28-13-15-29(59)16-14-28)43(68)55-33(47(72)73)11-6-8-22-49/h13-16,25-27,30-35,38,59H,5-12,17-24,48-50H2,1-4H3,(H,51,66)(H,52,65)(H,53,69)(H,54,70)(H,55,68)(H,56,64)(H,57,67)(H,60,61)(H,62,63)(H,72,73)/t26-,27-,30-,31-,32-,33-,34-,35-,38-/m0/s1. The summed E-state index contributed by atoms with van der Waals surface area (Å²) in [5.41, 5.74) is 17.5. The highest BCUT2D eigenvalue weighted by molar-refractivity contribution is 5.98. The summed E-state index contributed by atoms with van der Waals surface area (Å²) in [6, 6.07) is -6.08. The first-order valence-corrected chi connectivity index (χ1v) is 24.4. The molecular formula is C47H75N11O15. The van der Waals surface area contributed by atoms with E-state index in [9.17, 15) is 68.1 Å². The second-order valence-electron chi connectivity index (χ2n) is 18.4. The van der Waals surface area contributed by atoms with Crippen LogP contribution in [0, 0.1) is 5.92 Å². The molecule has 8 amide bonds. The van der Waals surface area contributed by atoms with Crippen molar-refractivity contribution in [3.05, 3.63) is 29.8 Å². The van der Waals surface area contributed by atoms with Gasteiger partial charge in [-0.15, -0.1) is 0 Å². The molecule has 0 saturated carbocycles. The third-order valence-electron chi connectivity index (χ3n) is 12.0. The van der Waals surface area contributed by atoms with Gasteiger partial charge < -0.3 is 79.7 Å². The molecule has 2 rings (SSSR count).